The molecule has 0 unspecified atom stereocenters. The molecule has 3 aromatic rings. The van der Waals surface area contributed by atoms with E-state index in [9.17, 15) is 17.2 Å². The van der Waals surface area contributed by atoms with Crippen LogP contribution in [0.2, 0.25) is 0 Å². The van der Waals surface area contributed by atoms with Crippen LogP contribution < -0.4 is 9.04 Å². The number of halogens is 2. The van der Waals surface area contributed by atoms with Crippen LogP contribution in [0.1, 0.15) is 11.1 Å². The van der Waals surface area contributed by atoms with Crippen LogP contribution in [-0.4, -0.2) is 15.5 Å². The van der Waals surface area contributed by atoms with Gasteiger partial charge in [0.15, 0.2) is 0 Å². The molecule has 0 atom stereocenters. The number of aryl methyl sites for hydroxylation is 1. The van der Waals surface area contributed by atoms with Gasteiger partial charge < -0.3 is 4.74 Å². The number of sulfonamides is 1. The Labute approximate surface area is 163 Å². The lowest BCUT2D eigenvalue weighted by atomic mass is 10.2. The van der Waals surface area contributed by atoms with Crippen LogP contribution in [0.3, 0.4) is 0 Å². The van der Waals surface area contributed by atoms with Crippen molar-refractivity contribution >= 4 is 15.7 Å². The molecule has 28 heavy (non-hydrogen) atoms. The van der Waals surface area contributed by atoms with Crippen molar-refractivity contribution in [1.29, 1.82) is 0 Å². The maximum Gasteiger partial charge on any atom is 0.264 e. The largest absolute Gasteiger partial charge is 0.497 e. The number of nitrogens with zero attached hydrogens (tertiary/aromatic N) is 1. The predicted octanol–water partition coefficient (Wildman–Crippen LogP) is 4.68. The van der Waals surface area contributed by atoms with E-state index in [1.807, 2.05) is 0 Å². The van der Waals surface area contributed by atoms with Crippen molar-refractivity contribution in [2.75, 3.05) is 11.4 Å². The van der Waals surface area contributed by atoms with Crippen molar-refractivity contribution in [3.63, 3.8) is 0 Å². The molecule has 3 rings (SSSR count). The van der Waals surface area contributed by atoms with Gasteiger partial charge in [-0.05, 0) is 60.5 Å². The van der Waals surface area contributed by atoms with Crippen molar-refractivity contribution in [3.8, 4) is 5.75 Å². The van der Waals surface area contributed by atoms with E-state index in [2.05, 4.69) is 0 Å². The van der Waals surface area contributed by atoms with Gasteiger partial charge in [-0.25, -0.2) is 17.2 Å². The molecule has 0 spiro atoms. The predicted molar refractivity (Wildman–Crippen MR) is 104 cm³/mol. The van der Waals surface area contributed by atoms with E-state index in [4.69, 9.17) is 4.74 Å². The van der Waals surface area contributed by atoms with Crippen LogP contribution in [0.5, 0.6) is 5.75 Å². The topological polar surface area (TPSA) is 46.6 Å². The molecule has 0 heterocycles. The fourth-order valence-electron chi connectivity index (χ4n) is 2.90. The van der Waals surface area contributed by atoms with E-state index in [-0.39, 0.29) is 17.0 Å². The molecule has 0 saturated heterocycles. The van der Waals surface area contributed by atoms with Crippen molar-refractivity contribution in [2.24, 2.45) is 0 Å². The fraction of sp³-hybridized carbons (Fsp3) is 0.143. The van der Waals surface area contributed by atoms with Crippen LogP contribution in [-0.2, 0) is 16.6 Å². The maximum absolute atomic E-state index is 13.6. The van der Waals surface area contributed by atoms with Gasteiger partial charge in [0.2, 0.25) is 0 Å². The monoisotopic (exact) mass is 403 g/mol. The van der Waals surface area contributed by atoms with Gasteiger partial charge in [-0.15, -0.1) is 0 Å². The number of ether oxygens (including phenoxy) is 1. The standard InChI is InChI=1S/C21H19F2NO3S/c1-15-11-18(23)9-10-21(15)28(25,26)24(14-16-5-3-6-17(22)12-16)19-7-4-8-20(13-19)27-2/h3-13H,14H2,1-2H3. The molecule has 0 fully saturated rings. The molecule has 0 aliphatic carbocycles. The lowest BCUT2D eigenvalue weighted by molar-refractivity contribution is 0.415. The van der Waals surface area contributed by atoms with E-state index in [0.717, 1.165) is 10.4 Å². The number of hydrogen-bond donors (Lipinski definition) is 0. The Balaban J connectivity index is 2.14. The smallest absolute Gasteiger partial charge is 0.264 e. The third-order valence-electron chi connectivity index (χ3n) is 4.26. The lowest BCUT2D eigenvalue weighted by Gasteiger charge is -2.26. The van der Waals surface area contributed by atoms with E-state index in [1.165, 1.54) is 44.4 Å². The van der Waals surface area contributed by atoms with Crippen molar-refractivity contribution in [2.45, 2.75) is 18.4 Å². The molecule has 0 N–H and O–H groups in total. The van der Waals surface area contributed by atoms with Crippen LogP contribution in [0.25, 0.3) is 0 Å². The summed E-state index contributed by atoms with van der Waals surface area (Å²) >= 11 is 0. The second kappa shape index (κ2) is 7.98. The van der Waals surface area contributed by atoms with Gasteiger partial charge in [-0.2, -0.15) is 0 Å². The number of rotatable bonds is 6. The molecule has 0 aliphatic heterocycles. The van der Waals surface area contributed by atoms with Gasteiger partial charge in [0.1, 0.15) is 17.4 Å². The maximum atomic E-state index is 13.6. The highest BCUT2D eigenvalue weighted by Crippen LogP contribution is 2.30. The Bertz CT molecular complexity index is 1100. The molecule has 0 amide bonds. The summed E-state index contributed by atoms with van der Waals surface area (Å²) in [5, 5.41) is 0. The molecule has 0 saturated carbocycles. The first-order valence-electron chi connectivity index (χ1n) is 8.48. The average molecular weight is 403 g/mol. The van der Waals surface area contributed by atoms with E-state index >= 15 is 0 Å². The van der Waals surface area contributed by atoms with E-state index in [0.29, 0.717) is 17.0 Å². The second-order valence-electron chi connectivity index (χ2n) is 6.25. The summed E-state index contributed by atoms with van der Waals surface area (Å²) < 4.78 is 60.3. The van der Waals surface area contributed by atoms with Gasteiger partial charge in [0.05, 0.1) is 24.2 Å². The Morgan fingerprint density at radius 1 is 0.929 bits per heavy atom. The Kier molecular flexibility index (Phi) is 5.65. The Hall–Kier alpha value is -2.93. The number of methoxy groups -OCH3 is 1. The SMILES string of the molecule is COc1cccc(N(Cc2cccc(F)c2)S(=O)(=O)c2ccc(F)cc2C)c1. The molecule has 3 aromatic carbocycles. The summed E-state index contributed by atoms with van der Waals surface area (Å²) in [4.78, 5) is -0.0203. The second-order valence-corrected chi connectivity index (χ2v) is 8.08. The third kappa shape index (κ3) is 4.14. The average Bonchev–Trinajstić information content (AvgIpc) is 2.65. The summed E-state index contributed by atoms with van der Waals surface area (Å²) in [5.41, 5.74) is 1.12. The third-order valence-corrected chi connectivity index (χ3v) is 6.20. The molecule has 0 aliphatic rings. The normalized spacial score (nSPS) is 11.3. The van der Waals surface area contributed by atoms with Crippen LogP contribution in [0.4, 0.5) is 14.5 Å². The Morgan fingerprint density at radius 3 is 2.32 bits per heavy atom. The van der Waals surface area contributed by atoms with Crippen molar-refractivity contribution in [3.05, 3.63) is 89.5 Å². The molecule has 0 radical (unpaired) electrons. The zero-order chi connectivity index (χ0) is 20.3. The Morgan fingerprint density at radius 2 is 1.64 bits per heavy atom. The minimum atomic E-state index is -4.05. The summed E-state index contributed by atoms with van der Waals surface area (Å²) in [7, 11) is -2.57. The van der Waals surface area contributed by atoms with Crippen molar-refractivity contribution in [1.82, 2.24) is 0 Å². The minimum absolute atomic E-state index is 0.0203. The fourth-order valence-corrected chi connectivity index (χ4v) is 4.56. The quantitative estimate of drug-likeness (QED) is 0.601. The zero-order valence-corrected chi connectivity index (χ0v) is 16.2. The molecule has 0 aromatic heterocycles. The van der Waals surface area contributed by atoms with Crippen molar-refractivity contribution < 1.29 is 21.9 Å². The highest BCUT2D eigenvalue weighted by atomic mass is 32.2. The summed E-state index contributed by atoms with van der Waals surface area (Å²) in [6, 6.07) is 15.8. The first kappa shape index (κ1) is 19.8. The first-order chi connectivity index (χ1) is 13.3. The molecule has 0 bridgehead atoms. The van der Waals surface area contributed by atoms with Gasteiger partial charge in [-0.3, -0.25) is 4.31 Å². The van der Waals surface area contributed by atoms with Crippen LogP contribution in [0.15, 0.2) is 71.6 Å². The number of benzene rings is 3. The van der Waals surface area contributed by atoms with Crippen LogP contribution >= 0.6 is 0 Å². The number of anilines is 1. The lowest BCUT2D eigenvalue weighted by Crippen LogP contribution is -2.31. The van der Waals surface area contributed by atoms with Gasteiger partial charge in [0.25, 0.3) is 10.0 Å². The van der Waals surface area contributed by atoms with Gasteiger partial charge >= 0.3 is 0 Å². The van der Waals surface area contributed by atoms with Gasteiger partial charge in [0, 0.05) is 6.07 Å². The zero-order valence-electron chi connectivity index (χ0n) is 15.4. The summed E-state index contributed by atoms with van der Waals surface area (Å²) in [6.45, 7) is 1.44. The summed E-state index contributed by atoms with van der Waals surface area (Å²) in [5.74, 6) is -0.499. The minimum Gasteiger partial charge on any atom is -0.497 e. The molecular weight excluding hydrogens is 384 g/mol. The molecular formula is C21H19F2NO3S. The first-order valence-corrected chi connectivity index (χ1v) is 9.92. The highest BCUT2D eigenvalue weighted by Gasteiger charge is 2.27. The van der Waals surface area contributed by atoms with Gasteiger partial charge in [-0.1, -0.05) is 18.2 Å². The number of hydrogen-bond acceptors (Lipinski definition) is 3. The molecule has 4 nitrogen and oxygen atoms in total. The summed E-state index contributed by atoms with van der Waals surface area (Å²) in [6.07, 6.45) is 0. The van der Waals surface area contributed by atoms with E-state index in [1.54, 1.807) is 30.3 Å². The van der Waals surface area contributed by atoms with Crippen LogP contribution in [0, 0.1) is 18.6 Å². The highest BCUT2D eigenvalue weighted by molar-refractivity contribution is 7.92. The van der Waals surface area contributed by atoms with E-state index < -0.39 is 21.7 Å². The molecule has 146 valence electrons. The molecule has 7 heteroatoms.